The molecule has 16 heavy (non-hydrogen) atoms. The molecule has 0 aromatic rings. The van der Waals surface area contributed by atoms with E-state index < -0.39 is 22.0 Å². The molecule has 7 heteroatoms. The molecule has 0 bridgehead atoms. The molecular weight excluding hydrogens is 234 g/mol. The topological polar surface area (TPSA) is 92.7 Å². The molecule has 0 aliphatic carbocycles. The van der Waals surface area contributed by atoms with Gasteiger partial charge in [0.1, 0.15) is 6.04 Å². The van der Waals surface area contributed by atoms with Gasteiger partial charge in [-0.25, -0.2) is 13.1 Å². The normalized spacial score (nSPS) is 14.0. The quantitative estimate of drug-likeness (QED) is 0.637. The third-order valence-corrected chi connectivity index (χ3v) is 3.23. The maximum atomic E-state index is 11.4. The van der Waals surface area contributed by atoms with Crippen LogP contribution in [0.5, 0.6) is 0 Å². The highest BCUT2D eigenvalue weighted by Gasteiger charge is 2.24. The third kappa shape index (κ3) is 6.76. The first-order chi connectivity index (χ1) is 7.28. The number of rotatable bonds is 8. The molecular formula is C9H19NO5S. The van der Waals surface area contributed by atoms with Crippen LogP contribution in [0.4, 0.5) is 0 Å². The number of methoxy groups -OCH3 is 1. The summed E-state index contributed by atoms with van der Waals surface area (Å²) in [5.41, 5.74) is 0. The minimum atomic E-state index is -3.59. The van der Waals surface area contributed by atoms with E-state index in [1.165, 1.54) is 7.11 Å². The molecule has 0 amide bonds. The van der Waals surface area contributed by atoms with E-state index in [2.05, 4.69) is 9.46 Å². The van der Waals surface area contributed by atoms with Gasteiger partial charge in [0.25, 0.3) is 0 Å². The molecule has 0 heterocycles. The highest BCUT2D eigenvalue weighted by atomic mass is 32.2. The van der Waals surface area contributed by atoms with E-state index in [1.807, 2.05) is 13.8 Å². The van der Waals surface area contributed by atoms with Gasteiger partial charge in [0.15, 0.2) is 0 Å². The van der Waals surface area contributed by atoms with Crippen LogP contribution < -0.4 is 4.72 Å². The molecule has 0 aliphatic heterocycles. The second kappa shape index (κ2) is 6.82. The molecule has 2 N–H and O–H groups in total. The molecule has 0 saturated carbocycles. The van der Waals surface area contributed by atoms with E-state index >= 15 is 0 Å². The lowest BCUT2D eigenvalue weighted by Gasteiger charge is -2.16. The molecule has 0 radical (unpaired) electrons. The minimum Gasteiger partial charge on any atom is -0.480 e. The average molecular weight is 253 g/mol. The van der Waals surface area contributed by atoms with Crippen molar-refractivity contribution in [1.82, 2.24) is 4.72 Å². The van der Waals surface area contributed by atoms with Crippen LogP contribution >= 0.6 is 0 Å². The van der Waals surface area contributed by atoms with Gasteiger partial charge in [-0.05, 0) is 12.3 Å². The summed E-state index contributed by atoms with van der Waals surface area (Å²) in [7, 11) is -2.20. The number of carboxylic acid groups (broad SMARTS) is 1. The van der Waals surface area contributed by atoms with Crippen molar-refractivity contribution in [2.45, 2.75) is 26.3 Å². The van der Waals surface area contributed by atoms with Gasteiger partial charge < -0.3 is 9.84 Å². The Morgan fingerprint density at radius 1 is 1.44 bits per heavy atom. The van der Waals surface area contributed by atoms with Gasteiger partial charge in [-0.3, -0.25) is 4.79 Å². The number of hydrogen-bond donors (Lipinski definition) is 2. The maximum absolute atomic E-state index is 11.4. The summed E-state index contributed by atoms with van der Waals surface area (Å²) in [6.07, 6.45) is 0.265. The largest absolute Gasteiger partial charge is 0.480 e. The summed E-state index contributed by atoms with van der Waals surface area (Å²) in [5.74, 6) is -1.29. The first-order valence-electron chi connectivity index (χ1n) is 5.00. The fraction of sp³-hybridized carbons (Fsp3) is 0.889. The van der Waals surface area contributed by atoms with E-state index in [-0.39, 0.29) is 24.7 Å². The van der Waals surface area contributed by atoms with E-state index in [4.69, 9.17) is 5.11 Å². The molecule has 0 aromatic carbocycles. The third-order valence-electron chi connectivity index (χ3n) is 1.88. The van der Waals surface area contributed by atoms with Crippen molar-refractivity contribution in [3.63, 3.8) is 0 Å². The van der Waals surface area contributed by atoms with Crippen LogP contribution in [-0.4, -0.2) is 45.0 Å². The van der Waals surface area contributed by atoms with Gasteiger partial charge >= 0.3 is 5.97 Å². The summed E-state index contributed by atoms with van der Waals surface area (Å²) < 4.78 is 29.6. The fourth-order valence-electron chi connectivity index (χ4n) is 1.14. The van der Waals surface area contributed by atoms with Crippen molar-refractivity contribution in [3.05, 3.63) is 0 Å². The number of hydrogen-bond acceptors (Lipinski definition) is 4. The van der Waals surface area contributed by atoms with Gasteiger partial charge in [-0.2, -0.15) is 0 Å². The van der Waals surface area contributed by atoms with E-state index in [0.29, 0.717) is 0 Å². The number of ether oxygens (including phenoxy) is 1. The molecule has 1 atom stereocenters. The molecule has 0 aromatic heterocycles. The fourth-order valence-corrected chi connectivity index (χ4v) is 2.27. The second-order valence-electron chi connectivity index (χ2n) is 3.95. The maximum Gasteiger partial charge on any atom is 0.321 e. The molecule has 0 unspecified atom stereocenters. The molecule has 0 aliphatic rings. The first-order valence-corrected chi connectivity index (χ1v) is 6.65. The summed E-state index contributed by atoms with van der Waals surface area (Å²) >= 11 is 0. The van der Waals surface area contributed by atoms with Crippen LogP contribution in [0.1, 0.15) is 20.3 Å². The smallest absolute Gasteiger partial charge is 0.321 e. The summed E-state index contributed by atoms with van der Waals surface area (Å²) in [5, 5.41) is 8.85. The Balaban J connectivity index is 4.44. The summed E-state index contributed by atoms with van der Waals surface area (Å²) in [6, 6.07) is -1.07. The highest BCUT2D eigenvalue weighted by Crippen LogP contribution is 2.06. The SMILES string of the molecule is COCCS(=O)(=O)N[C@H](CC(C)C)C(=O)O. The monoisotopic (exact) mass is 253 g/mol. The van der Waals surface area contributed by atoms with Gasteiger partial charge in [0.05, 0.1) is 12.4 Å². The van der Waals surface area contributed by atoms with Crippen LogP contribution in [0, 0.1) is 5.92 Å². The predicted octanol–water partition coefficient (Wildman–Crippen LogP) is 0.0515. The number of sulfonamides is 1. The van der Waals surface area contributed by atoms with Crippen LogP contribution in [0.2, 0.25) is 0 Å². The lowest BCUT2D eigenvalue weighted by atomic mass is 10.1. The zero-order valence-corrected chi connectivity index (χ0v) is 10.6. The van der Waals surface area contributed by atoms with E-state index in [0.717, 1.165) is 0 Å². The standard InChI is InChI=1S/C9H19NO5S/c1-7(2)6-8(9(11)12)10-16(13,14)5-4-15-3/h7-8,10H,4-6H2,1-3H3,(H,11,12)/t8-/m1/s1. The Labute approximate surface area is 96.0 Å². The summed E-state index contributed by atoms with van der Waals surface area (Å²) in [6.45, 7) is 3.71. The molecule has 0 fully saturated rings. The van der Waals surface area contributed by atoms with Gasteiger partial charge in [-0.15, -0.1) is 0 Å². The van der Waals surface area contributed by atoms with Crippen molar-refractivity contribution >= 4 is 16.0 Å². The van der Waals surface area contributed by atoms with Crippen molar-refractivity contribution < 1.29 is 23.1 Å². The molecule has 0 rings (SSSR count). The zero-order valence-electron chi connectivity index (χ0n) is 9.76. The highest BCUT2D eigenvalue weighted by molar-refractivity contribution is 7.89. The van der Waals surface area contributed by atoms with Crippen LogP contribution in [0.25, 0.3) is 0 Å². The Morgan fingerprint density at radius 3 is 2.38 bits per heavy atom. The van der Waals surface area contributed by atoms with Crippen LogP contribution in [0.15, 0.2) is 0 Å². The lowest BCUT2D eigenvalue weighted by molar-refractivity contribution is -0.139. The summed E-state index contributed by atoms with van der Waals surface area (Å²) in [4.78, 5) is 10.8. The van der Waals surface area contributed by atoms with Gasteiger partial charge in [0, 0.05) is 7.11 Å². The Morgan fingerprint density at radius 2 is 2.00 bits per heavy atom. The second-order valence-corrected chi connectivity index (χ2v) is 5.82. The molecule has 6 nitrogen and oxygen atoms in total. The molecule has 0 spiro atoms. The zero-order chi connectivity index (χ0) is 12.8. The number of nitrogens with one attached hydrogen (secondary N) is 1. The first kappa shape index (κ1) is 15.3. The number of aliphatic carboxylic acids is 1. The number of carbonyl (C=O) groups is 1. The van der Waals surface area contributed by atoms with Crippen molar-refractivity contribution in [3.8, 4) is 0 Å². The Kier molecular flexibility index (Phi) is 6.54. The number of carboxylic acids is 1. The minimum absolute atomic E-state index is 0.0450. The molecule has 96 valence electrons. The molecule has 0 saturated heterocycles. The Bertz CT molecular complexity index is 312. The van der Waals surface area contributed by atoms with E-state index in [9.17, 15) is 13.2 Å². The van der Waals surface area contributed by atoms with Crippen LogP contribution in [-0.2, 0) is 19.6 Å². The van der Waals surface area contributed by atoms with Gasteiger partial charge in [0.2, 0.25) is 10.0 Å². The van der Waals surface area contributed by atoms with Crippen LogP contribution in [0.3, 0.4) is 0 Å². The van der Waals surface area contributed by atoms with Gasteiger partial charge in [-0.1, -0.05) is 13.8 Å². The lowest BCUT2D eigenvalue weighted by Crippen LogP contribution is -2.43. The average Bonchev–Trinajstić information content (AvgIpc) is 2.12. The van der Waals surface area contributed by atoms with Crippen molar-refractivity contribution in [2.75, 3.05) is 19.5 Å². The van der Waals surface area contributed by atoms with Crippen molar-refractivity contribution in [2.24, 2.45) is 5.92 Å². The Hall–Kier alpha value is -0.660. The van der Waals surface area contributed by atoms with Crippen molar-refractivity contribution in [1.29, 1.82) is 0 Å². The van der Waals surface area contributed by atoms with E-state index in [1.54, 1.807) is 0 Å². The predicted molar refractivity (Wildman–Crippen MR) is 59.7 cm³/mol.